The fraction of sp³-hybridized carbons (Fsp3) is 0.870. The van der Waals surface area contributed by atoms with Crippen molar-refractivity contribution in [3.05, 3.63) is 12.3 Å². The van der Waals surface area contributed by atoms with Crippen LogP contribution in [0, 0.1) is 22.7 Å². The Bertz CT molecular complexity index is 655. The molecule has 2 saturated carbocycles. The Kier molecular flexibility index (Phi) is 4.28. The van der Waals surface area contributed by atoms with Gasteiger partial charge in [-0.15, -0.1) is 0 Å². The van der Waals surface area contributed by atoms with E-state index in [2.05, 4.69) is 34.3 Å². The van der Waals surface area contributed by atoms with Gasteiger partial charge in [-0.2, -0.15) is 0 Å². The second-order valence-electron chi connectivity index (χ2n) is 10.7. The minimum atomic E-state index is -0.200. The van der Waals surface area contributed by atoms with Crippen molar-refractivity contribution in [2.75, 3.05) is 6.61 Å². The molecule has 4 rings (SSSR count). The quantitative estimate of drug-likeness (QED) is 0.603. The molecule has 4 fully saturated rings. The Balaban J connectivity index is 1.75. The summed E-state index contributed by atoms with van der Waals surface area (Å²) in [7, 11) is 0. The minimum Gasteiger partial charge on any atom is -0.495 e. The number of carbonyl (C=O) groups is 1. The van der Waals surface area contributed by atoms with E-state index in [4.69, 9.17) is 14.2 Å². The second-order valence-corrected chi connectivity index (χ2v) is 10.7. The second kappa shape index (κ2) is 5.98. The summed E-state index contributed by atoms with van der Waals surface area (Å²) in [5.41, 5.74) is -0.232. The zero-order valence-electron chi connectivity index (χ0n) is 17.7. The monoisotopic (exact) mass is 376 g/mol. The summed E-state index contributed by atoms with van der Waals surface area (Å²) < 4.78 is 18.8. The first-order valence-electron chi connectivity index (χ1n) is 10.7. The van der Waals surface area contributed by atoms with E-state index < -0.39 is 0 Å². The standard InChI is InChI=1S/C23H36O4/c1-15-12-18(26-17(3)24)19-20(4,5)8-7-9-21(19,6)23(15)11-10-22(27-23)13-16(2)25-14-22/h15,18-19H,2,7-14H2,1,3-6H3. The van der Waals surface area contributed by atoms with Gasteiger partial charge in [0.2, 0.25) is 0 Å². The van der Waals surface area contributed by atoms with Crippen molar-refractivity contribution in [2.24, 2.45) is 22.7 Å². The maximum atomic E-state index is 11.9. The summed E-state index contributed by atoms with van der Waals surface area (Å²) in [5, 5.41) is 0. The van der Waals surface area contributed by atoms with Crippen molar-refractivity contribution in [1.82, 2.24) is 0 Å². The van der Waals surface area contributed by atoms with E-state index >= 15 is 0 Å². The highest BCUT2D eigenvalue weighted by Gasteiger charge is 2.70. The van der Waals surface area contributed by atoms with E-state index in [1.165, 1.54) is 12.8 Å². The normalized spacial score (nSPS) is 48.5. The Morgan fingerprint density at radius 2 is 1.93 bits per heavy atom. The van der Waals surface area contributed by atoms with Crippen LogP contribution in [0.5, 0.6) is 0 Å². The fourth-order valence-electron chi connectivity index (χ4n) is 7.61. The van der Waals surface area contributed by atoms with Crippen molar-refractivity contribution in [1.29, 1.82) is 0 Å². The van der Waals surface area contributed by atoms with Gasteiger partial charge in [-0.1, -0.05) is 40.7 Å². The molecule has 27 heavy (non-hydrogen) atoms. The molecule has 0 aromatic rings. The van der Waals surface area contributed by atoms with Gasteiger partial charge in [0.05, 0.1) is 11.4 Å². The lowest BCUT2D eigenvalue weighted by molar-refractivity contribution is -0.272. The molecule has 6 unspecified atom stereocenters. The van der Waals surface area contributed by atoms with E-state index in [0.29, 0.717) is 18.4 Å². The number of fused-ring (bicyclic) bond motifs is 2. The molecule has 0 aromatic heterocycles. The van der Waals surface area contributed by atoms with Crippen molar-refractivity contribution in [3.8, 4) is 0 Å². The first kappa shape index (κ1) is 19.3. The number of ether oxygens (including phenoxy) is 3. The number of esters is 1. The average Bonchev–Trinajstić information content (AvgIpc) is 3.09. The van der Waals surface area contributed by atoms with Gasteiger partial charge in [0.15, 0.2) is 0 Å². The van der Waals surface area contributed by atoms with E-state index in [-0.39, 0.29) is 34.1 Å². The lowest BCUT2D eigenvalue weighted by atomic mass is 9.43. The molecule has 152 valence electrons. The lowest BCUT2D eigenvalue weighted by Crippen LogP contribution is -2.67. The summed E-state index contributed by atoms with van der Waals surface area (Å²) in [4.78, 5) is 11.9. The molecule has 2 aliphatic heterocycles. The van der Waals surface area contributed by atoms with Gasteiger partial charge in [-0.25, -0.2) is 0 Å². The summed E-state index contributed by atoms with van der Waals surface area (Å²) >= 11 is 0. The molecule has 4 heteroatoms. The zero-order chi connectivity index (χ0) is 19.7. The number of hydrogen-bond donors (Lipinski definition) is 0. The fourth-order valence-corrected chi connectivity index (χ4v) is 7.61. The van der Waals surface area contributed by atoms with Gasteiger partial charge >= 0.3 is 5.97 Å². The molecule has 6 atom stereocenters. The van der Waals surface area contributed by atoms with Crippen LogP contribution in [0.15, 0.2) is 12.3 Å². The molecule has 4 aliphatic rings. The predicted octanol–water partition coefficient (Wildman–Crippen LogP) is 5.01. The van der Waals surface area contributed by atoms with Crippen LogP contribution in [0.3, 0.4) is 0 Å². The lowest BCUT2D eigenvalue weighted by Gasteiger charge is -2.65. The van der Waals surface area contributed by atoms with Crippen LogP contribution in [-0.4, -0.2) is 29.9 Å². The number of hydrogen-bond acceptors (Lipinski definition) is 4. The van der Waals surface area contributed by atoms with E-state index in [0.717, 1.165) is 37.9 Å². The smallest absolute Gasteiger partial charge is 0.302 e. The van der Waals surface area contributed by atoms with Crippen LogP contribution < -0.4 is 0 Å². The van der Waals surface area contributed by atoms with Crippen LogP contribution in [0.1, 0.15) is 79.6 Å². The van der Waals surface area contributed by atoms with Crippen LogP contribution in [0.4, 0.5) is 0 Å². The average molecular weight is 377 g/mol. The molecule has 2 heterocycles. The number of rotatable bonds is 1. The molecule has 2 spiro atoms. The SMILES string of the molecule is C=C1CC2(CCC3(O2)C(C)CC(OC(C)=O)C2C(C)(C)CCCC23C)CO1. The maximum absolute atomic E-state index is 11.9. The van der Waals surface area contributed by atoms with Crippen LogP contribution in [-0.2, 0) is 19.0 Å². The number of carbonyl (C=O) groups excluding carboxylic acids is 1. The third kappa shape index (κ3) is 2.69. The Morgan fingerprint density at radius 1 is 1.19 bits per heavy atom. The molecular formula is C23H36O4. The third-order valence-corrected chi connectivity index (χ3v) is 8.49. The largest absolute Gasteiger partial charge is 0.495 e. The Hall–Kier alpha value is -1.03. The molecule has 0 bridgehead atoms. The van der Waals surface area contributed by atoms with Crippen molar-refractivity contribution >= 4 is 5.97 Å². The van der Waals surface area contributed by atoms with Crippen molar-refractivity contribution in [2.45, 2.75) is 96.9 Å². The van der Waals surface area contributed by atoms with Crippen LogP contribution >= 0.6 is 0 Å². The first-order chi connectivity index (χ1) is 12.5. The van der Waals surface area contributed by atoms with Crippen LogP contribution in [0.2, 0.25) is 0 Å². The van der Waals surface area contributed by atoms with Gasteiger partial charge < -0.3 is 14.2 Å². The molecule has 2 aliphatic carbocycles. The molecule has 0 amide bonds. The molecular weight excluding hydrogens is 340 g/mol. The minimum absolute atomic E-state index is 0.0000430. The highest BCUT2D eigenvalue weighted by atomic mass is 16.6. The zero-order valence-corrected chi connectivity index (χ0v) is 17.7. The molecule has 0 N–H and O–H groups in total. The van der Waals surface area contributed by atoms with Crippen molar-refractivity contribution < 1.29 is 19.0 Å². The van der Waals surface area contributed by atoms with E-state index in [1.54, 1.807) is 6.92 Å². The predicted molar refractivity (Wildman–Crippen MR) is 104 cm³/mol. The molecule has 0 aromatic carbocycles. The topological polar surface area (TPSA) is 44.8 Å². The molecule has 4 nitrogen and oxygen atoms in total. The van der Waals surface area contributed by atoms with E-state index in [9.17, 15) is 4.79 Å². The summed E-state index contributed by atoms with van der Waals surface area (Å²) in [6.45, 7) is 15.7. The van der Waals surface area contributed by atoms with Crippen molar-refractivity contribution in [3.63, 3.8) is 0 Å². The summed E-state index contributed by atoms with van der Waals surface area (Å²) in [6.07, 6.45) is 7.33. The molecule has 2 saturated heterocycles. The van der Waals surface area contributed by atoms with Gasteiger partial charge in [-0.3, -0.25) is 4.79 Å². The van der Waals surface area contributed by atoms with Gasteiger partial charge in [0, 0.05) is 24.7 Å². The Labute approximate surface area is 164 Å². The first-order valence-corrected chi connectivity index (χ1v) is 10.7. The highest BCUT2D eigenvalue weighted by molar-refractivity contribution is 5.66. The highest BCUT2D eigenvalue weighted by Crippen LogP contribution is 2.68. The van der Waals surface area contributed by atoms with Gasteiger partial charge in [-0.05, 0) is 43.4 Å². The summed E-state index contributed by atoms with van der Waals surface area (Å²) in [6, 6.07) is 0. The van der Waals surface area contributed by atoms with Gasteiger partial charge in [0.25, 0.3) is 0 Å². The Morgan fingerprint density at radius 3 is 2.56 bits per heavy atom. The summed E-state index contributed by atoms with van der Waals surface area (Å²) in [5.74, 6) is 1.37. The van der Waals surface area contributed by atoms with Crippen LogP contribution in [0.25, 0.3) is 0 Å². The third-order valence-electron chi connectivity index (χ3n) is 8.49. The van der Waals surface area contributed by atoms with Gasteiger partial charge in [0.1, 0.15) is 18.3 Å². The van der Waals surface area contributed by atoms with E-state index in [1.807, 2.05) is 0 Å². The molecule has 0 radical (unpaired) electrons. The maximum Gasteiger partial charge on any atom is 0.302 e.